The van der Waals surface area contributed by atoms with Crippen LogP contribution in [0.3, 0.4) is 0 Å². The zero-order valence-corrected chi connectivity index (χ0v) is 29.6. The molecule has 0 aromatic carbocycles. The van der Waals surface area contributed by atoms with Crippen molar-refractivity contribution in [3.05, 3.63) is 21.8 Å². The van der Waals surface area contributed by atoms with Gasteiger partial charge >= 0.3 is 228 Å². The normalized spacial score (nSPS) is 15.7. The van der Waals surface area contributed by atoms with E-state index in [4.69, 9.17) is 4.43 Å². The number of aliphatic hydroxyl groups excluding tert-OH is 1. The average molecular weight is 616 g/mol. The molecule has 2 atom stereocenters. The molecule has 0 aliphatic heterocycles. The van der Waals surface area contributed by atoms with Gasteiger partial charge in [0.1, 0.15) is 0 Å². The van der Waals surface area contributed by atoms with Gasteiger partial charge in [-0.3, -0.25) is 0 Å². The molecule has 0 radical (unpaired) electrons. The molecule has 0 heterocycles. The minimum absolute atomic E-state index is 0.0688. The number of allylic oxidation sites excluding steroid dienone is 2. The quantitative estimate of drug-likeness (QED) is 0.109. The summed E-state index contributed by atoms with van der Waals surface area (Å²) in [6, 6.07) is 0. The molecule has 0 aromatic heterocycles. The van der Waals surface area contributed by atoms with Gasteiger partial charge in [0.2, 0.25) is 0 Å². The zero-order chi connectivity index (χ0) is 27.1. The van der Waals surface area contributed by atoms with Crippen molar-refractivity contribution in [2.45, 2.75) is 157 Å². The maximum atomic E-state index is 10.9. The molecule has 2 nitrogen and oxygen atoms in total. The SMILES string of the molecule is CCC[CH2][Sn](/[CH]=C\C(C)=C\[C@@H](CO[Si](C(C)C)(C(C)C)C(C)C)[C@H](O)CC)([CH2]CCC)[CH2]CCC. The van der Waals surface area contributed by atoms with Crippen molar-refractivity contribution in [2.75, 3.05) is 6.61 Å². The Morgan fingerprint density at radius 1 is 0.800 bits per heavy atom. The molecule has 35 heavy (non-hydrogen) atoms. The van der Waals surface area contributed by atoms with Gasteiger partial charge in [-0.2, -0.15) is 0 Å². The van der Waals surface area contributed by atoms with Crippen molar-refractivity contribution in [3.63, 3.8) is 0 Å². The second-order valence-corrected chi connectivity index (χ2v) is 30.7. The third-order valence-electron chi connectivity index (χ3n) is 8.41. The van der Waals surface area contributed by atoms with Crippen LogP contribution in [0.25, 0.3) is 0 Å². The van der Waals surface area contributed by atoms with Gasteiger partial charge in [-0.1, -0.05) is 0 Å². The molecule has 0 amide bonds. The Morgan fingerprint density at radius 2 is 1.23 bits per heavy atom. The molecule has 4 heteroatoms. The predicted octanol–water partition coefficient (Wildman–Crippen LogP) is 10.5. The van der Waals surface area contributed by atoms with Gasteiger partial charge in [-0.05, 0) is 0 Å². The van der Waals surface area contributed by atoms with Crippen LogP contribution in [0.1, 0.15) is 121 Å². The standard InChI is InChI=1S/C19H37O2Si.3C4H9.Sn/c1-10-17(9)12-18(19(20)11-2)13-21-22(14(3)4,15(5)6)16(7)8;3*1-3-4-2;/h1,10,12,14-16,18-20H,11,13H2,2-9H3;3*1,3-4H2,2H3;/b10-1?,17-12+;;;;/t18-,19+;;;;/m0..../s1. The monoisotopic (exact) mass is 616 g/mol. The molecule has 0 spiro atoms. The van der Waals surface area contributed by atoms with Gasteiger partial charge in [0.25, 0.3) is 0 Å². The summed E-state index contributed by atoms with van der Waals surface area (Å²) in [5, 5.41) is 10.9. The molecule has 0 aliphatic rings. The van der Waals surface area contributed by atoms with Crippen molar-refractivity contribution in [1.29, 1.82) is 0 Å². The number of hydrogen-bond donors (Lipinski definition) is 1. The van der Waals surface area contributed by atoms with Crippen LogP contribution in [0, 0.1) is 5.92 Å². The summed E-state index contributed by atoms with van der Waals surface area (Å²) in [7, 11) is -1.94. The zero-order valence-electron chi connectivity index (χ0n) is 25.8. The van der Waals surface area contributed by atoms with E-state index in [1.165, 1.54) is 57.4 Å². The first kappa shape index (κ1) is 35.4. The van der Waals surface area contributed by atoms with Crippen LogP contribution in [0.5, 0.6) is 0 Å². The van der Waals surface area contributed by atoms with Gasteiger partial charge in [0, 0.05) is 0 Å². The fourth-order valence-corrected chi connectivity index (χ4v) is 26.1. The van der Waals surface area contributed by atoms with E-state index in [0.717, 1.165) is 6.42 Å². The first-order valence-electron chi connectivity index (χ1n) is 15.2. The summed E-state index contributed by atoms with van der Waals surface area (Å²) < 4.78 is 14.2. The molecular weight excluding hydrogens is 551 g/mol. The number of hydrogen-bond acceptors (Lipinski definition) is 2. The summed E-state index contributed by atoms with van der Waals surface area (Å²) in [5.74, 6) is 0.0688. The van der Waals surface area contributed by atoms with Crippen molar-refractivity contribution < 1.29 is 9.53 Å². The summed E-state index contributed by atoms with van der Waals surface area (Å²) in [6.45, 7) is 26.1. The molecule has 1 N–H and O–H groups in total. The van der Waals surface area contributed by atoms with Crippen LogP contribution in [0.2, 0.25) is 29.9 Å². The van der Waals surface area contributed by atoms with Crippen LogP contribution >= 0.6 is 0 Å². The number of aliphatic hydroxyl groups is 1. The van der Waals surface area contributed by atoms with E-state index in [2.05, 4.69) is 92.4 Å². The van der Waals surface area contributed by atoms with Gasteiger partial charge in [0.05, 0.1) is 0 Å². The van der Waals surface area contributed by atoms with Crippen LogP contribution in [0.15, 0.2) is 21.8 Å². The second kappa shape index (κ2) is 18.6. The molecule has 208 valence electrons. The Kier molecular flexibility index (Phi) is 18.9. The van der Waals surface area contributed by atoms with Crippen molar-refractivity contribution in [3.8, 4) is 0 Å². The Hall–Kier alpha value is 0.416. The van der Waals surface area contributed by atoms with E-state index in [9.17, 15) is 5.11 Å². The first-order chi connectivity index (χ1) is 16.5. The van der Waals surface area contributed by atoms with E-state index in [0.29, 0.717) is 23.2 Å². The van der Waals surface area contributed by atoms with E-state index >= 15 is 0 Å². The van der Waals surface area contributed by atoms with Crippen LogP contribution in [-0.4, -0.2) is 44.5 Å². The van der Waals surface area contributed by atoms with E-state index in [-0.39, 0.29) is 12.0 Å². The summed E-state index contributed by atoms with van der Waals surface area (Å²) in [4.78, 5) is 0. The van der Waals surface area contributed by atoms with Crippen molar-refractivity contribution in [2.24, 2.45) is 5.92 Å². The molecule has 0 saturated carbocycles. The fourth-order valence-electron chi connectivity index (χ4n) is 6.23. The summed E-state index contributed by atoms with van der Waals surface area (Å²) in [5.41, 5.74) is 3.02. The molecule has 0 aromatic rings. The van der Waals surface area contributed by atoms with E-state index < -0.39 is 26.7 Å². The topological polar surface area (TPSA) is 29.5 Å². The molecular formula is C31H64O2SiSn. The molecule has 0 unspecified atom stereocenters. The Morgan fingerprint density at radius 3 is 1.57 bits per heavy atom. The number of rotatable bonds is 20. The second-order valence-electron chi connectivity index (χ2n) is 12.2. The third kappa shape index (κ3) is 11.8. The van der Waals surface area contributed by atoms with Gasteiger partial charge in [-0.25, -0.2) is 0 Å². The molecule has 0 rings (SSSR count). The van der Waals surface area contributed by atoms with Gasteiger partial charge < -0.3 is 0 Å². The molecule has 0 bridgehead atoms. The Labute approximate surface area is 226 Å². The van der Waals surface area contributed by atoms with Crippen molar-refractivity contribution in [1.82, 2.24) is 0 Å². The molecule has 0 saturated heterocycles. The van der Waals surface area contributed by atoms with E-state index in [1.807, 2.05) is 0 Å². The average Bonchev–Trinajstić information content (AvgIpc) is 2.81. The molecule has 0 fully saturated rings. The Bertz CT molecular complexity index is 553. The van der Waals surface area contributed by atoms with E-state index in [1.54, 1.807) is 0 Å². The maximum absolute atomic E-state index is 10.9. The van der Waals surface area contributed by atoms with Crippen LogP contribution < -0.4 is 0 Å². The Balaban J connectivity index is 5.92. The first-order valence-corrected chi connectivity index (χ1v) is 25.0. The fraction of sp³-hybridized carbons (Fsp3) is 0.871. The van der Waals surface area contributed by atoms with Gasteiger partial charge in [0.15, 0.2) is 0 Å². The molecule has 0 aliphatic carbocycles. The summed E-state index contributed by atoms with van der Waals surface area (Å²) >= 11 is -2.29. The van der Waals surface area contributed by atoms with Gasteiger partial charge in [-0.15, -0.1) is 0 Å². The third-order valence-corrected chi connectivity index (χ3v) is 28.5. The van der Waals surface area contributed by atoms with Crippen LogP contribution in [-0.2, 0) is 4.43 Å². The number of unbranched alkanes of at least 4 members (excludes halogenated alkanes) is 3. The van der Waals surface area contributed by atoms with Crippen molar-refractivity contribution >= 4 is 26.7 Å². The minimum atomic E-state index is -2.29. The predicted molar refractivity (Wildman–Crippen MR) is 165 cm³/mol. The summed E-state index contributed by atoms with van der Waals surface area (Å²) in [6.07, 6.45) is 13.4. The van der Waals surface area contributed by atoms with Crippen LogP contribution in [0.4, 0.5) is 0 Å².